The second kappa shape index (κ2) is 8.40. The first kappa shape index (κ1) is 21.1. The zero-order valence-corrected chi connectivity index (χ0v) is 18.2. The summed E-state index contributed by atoms with van der Waals surface area (Å²) in [7, 11) is -3.77. The minimum atomic E-state index is -3.77. The topological polar surface area (TPSA) is 101 Å². The lowest BCUT2D eigenvalue weighted by molar-refractivity contribution is -0.114. The molecule has 0 aliphatic heterocycles. The van der Waals surface area contributed by atoms with Gasteiger partial charge in [-0.1, -0.05) is 22.8 Å². The van der Waals surface area contributed by atoms with E-state index in [9.17, 15) is 13.2 Å². The highest BCUT2D eigenvalue weighted by Crippen LogP contribution is 2.30. The minimum absolute atomic E-state index is 0.143. The molecule has 10 heteroatoms. The lowest BCUT2D eigenvalue weighted by Gasteiger charge is -2.08. The molecule has 0 fully saturated rings. The van der Waals surface area contributed by atoms with Crippen molar-refractivity contribution in [3.05, 3.63) is 57.2 Å². The summed E-state index contributed by atoms with van der Waals surface area (Å²) in [5.74, 6) is 0.136. The molecule has 2 heterocycles. The molecular formula is C19H18ClN3O4S2. The third-order valence-electron chi connectivity index (χ3n) is 3.83. The molecule has 3 aromatic rings. The smallest absolute Gasteiger partial charge is 0.271 e. The van der Waals surface area contributed by atoms with Gasteiger partial charge in [0.2, 0.25) is 5.91 Å². The summed E-state index contributed by atoms with van der Waals surface area (Å²) < 4.78 is 33.1. The Hall–Kier alpha value is -2.62. The lowest BCUT2D eigenvalue weighted by atomic mass is 10.2. The highest BCUT2D eigenvalue weighted by atomic mass is 35.5. The van der Waals surface area contributed by atoms with E-state index in [1.807, 2.05) is 6.92 Å². The van der Waals surface area contributed by atoms with Crippen LogP contribution in [-0.2, 0) is 14.8 Å². The van der Waals surface area contributed by atoms with Crippen LogP contribution in [0.25, 0.3) is 12.2 Å². The van der Waals surface area contributed by atoms with Crippen molar-refractivity contribution in [2.45, 2.75) is 25.0 Å². The molecule has 7 nitrogen and oxygen atoms in total. The van der Waals surface area contributed by atoms with Crippen molar-refractivity contribution in [3.8, 4) is 0 Å². The number of benzene rings is 1. The monoisotopic (exact) mass is 451 g/mol. The molecule has 0 unspecified atom stereocenters. The van der Waals surface area contributed by atoms with Crippen LogP contribution in [0.3, 0.4) is 0 Å². The van der Waals surface area contributed by atoms with E-state index >= 15 is 0 Å². The number of sulfonamides is 1. The van der Waals surface area contributed by atoms with E-state index in [2.05, 4.69) is 15.2 Å². The summed E-state index contributed by atoms with van der Waals surface area (Å²) in [4.78, 5) is 12.0. The van der Waals surface area contributed by atoms with E-state index in [0.717, 1.165) is 16.9 Å². The number of nitrogens with one attached hydrogen (secondary N) is 2. The number of anilines is 2. The summed E-state index contributed by atoms with van der Waals surface area (Å²) in [5, 5.41) is 6.82. The van der Waals surface area contributed by atoms with Gasteiger partial charge in [-0.15, -0.1) is 11.3 Å². The molecule has 29 heavy (non-hydrogen) atoms. The van der Waals surface area contributed by atoms with Gasteiger partial charge in [-0.25, -0.2) is 8.42 Å². The first-order valence-corrected chi connectivity index (χ1v) is 11.1. The maximum Gasteiger partial charge on any atom is 0.271 e. The third-order valence-corrected chi connectivity index (χ3v) is 7.05. The van der Waals surface area contributed by atoms with Crippen LogP contribution in [-0.4, -0.2) is 19.5 Å². The number of hydrogen-bond donors (Lipinski definition) is 2. The minimum Gasteiger partial charge on any atom is -0.354 e. The summed E-state index contributed by atoms with van der Waals surface area (Å²) in [6.45, 7) is 4.98. The zero-order chi connectivity index (χ0) is 21.2. The molecule has 0 atom stereocenters. The number of amides is 1. The quantitative estimate of drug-likeness (QED) is 0.553. The summed E-state index contributed by atoms with van der Waals surface area (Å²) in [5.41, 5.74) is 2.28. The number of aromatic nitrogens is 1. The van der Waals surface area contributed by atoms with Gasteiger partial charge in [-0.05, 0) is 55.8 Å². The van der Waals surface area contributed by atoms with Crippen LogP contribution in [0.1, 0.15) is 28.8 Å². The van der Waals surface area contributed by atoms with Gasteiger partial charge in [-0.3, -0.25) is 9.52 Å². The Labute approximate surface area is 177 Å². The van der Waals surface area contributed by atoms with E-state index in [-0.39, 0.29) is 10.1 Å². The third kappa shape index (κ3) is 5.06. The Morgan fingerprint density at radius 3 is 2.66 bits per heavy atom. The largest absolute Gasteiger partial charge is 0.354 e. The average molecular weight is 452 g/mol. The van der Waals surface area contributed by atoms with Crippen molar-refractivity contribution >= 4 is 62.4 Å². The van der Waals surface area contributed by atoms with Crippen molar-refractivity contribution in [2.75, 3.05) is 10.0 Å². The van der Waals surface area contributed by atoms with Crippen LogP contribution in [0, 0.1) is 13.8 Å². The maximum atomic E-state index is 12.6. The highest BCUT2D eigenvalue weighted by Gasteiger charge is 2.18. The second-order valence-electron chi connectivity index (χ2n) is 6.27. The zero-order valence-electron chi connectivity index (χ0n) is 15.8. The first-order chi connectivity index (χ1) is 13.7. The van der Waals surface area contributed by atoms with Crippen LogP contribution in [0.15, 0.2) is 39.1 Å². The van der Waals surface area contributed by atoms with Gasteiger partial charge in [0.15, 0.2) is 5.76 Å². The maximum absolute atomic E-state index is 12.6. The van der Waals surface area contributed by atoms with E-state index in [1.54, 1.807) is 43.3 Å². The van der Waals surface area contributed by atoms with Crippen molar-refractivity contribution < 1.29 is 17.7 Å². The fourth-order valence-corrected chi connectivity index (χ4v) is 5.10. The van der Waals surface area contributed by atoms with Gasteiger partial charge in [0.25, 0.3) is 10.0 Å². The molecule has 1 aromatic carbocycles. The second-order valence-corrected chi connectivity index (χ2v) is 9.70. The molecule has 152 valence electrons. The van der Waals surface area contributed by atoms with E-state index in [4.69, 9.17) is 16.1 Å². The van der Waals surface area contributed by atoms with E-state index in [0.29, 0.717) is 32.7 Å². The van der Waals surface area contributed by atoms with Crippen LogP contribution in [0.4, 0.5) is 11.4 Å². The number of hydrogen-bond acceptors (Lipinski definition) is 6. The molecule has 3 rings (SSSR count). The summed E-state index contributed by atoms with van der Waals surface area (Å²) in [6.07, 6.45) is 3.31. The summed E-state index contributed by atoms with van der Waals surface area (Å²) in [6, 6.07) is 8.27. The Kier molecular flexibility index (Phi) is 6.11. The van der Waals surface area contributed by atoms with Gasteiger partial charge in [0.05, 0.1) is 10.7 Å². The predicted octanol–water partition coefficient (Wildman–Crippen LogP) is 4.94. The molecule has 0 spiro atoms. The van der Waals surface area contributed by atoms with Gasteiger partial charge in [0, 0.05) is 11.8 Å². The fraction of sp³-hybridized carbons (Fsp3) is 0.158. The van der Waals surface area contributed by atoms with Crippen LogP contribution < -0.4 is 10.0 Å². The Morgan fingerprint density at radius 1 is 1.21 bits per heavy atom. The Morgan fingerprint density at radius 2 is 1.97 bits per heavy atom. The Bertz CT molecular complexity index is 1200. The highest BCUT2D eigenvalue weighted by molar-refractivity contribution is 7.94. The standard InChI is InChI=1S/C19H18ClN3O4S2/c1-11-4-7-16(15(20)10-11)23-29(25,26)18-9-6-14(28-18)5-8-17-19(21-13(3)24)12(2)22-27-17/h4-10,23H,1-3H3,(H,21,24). The number of rotatable bonds is 6. The number of halogens is 1. The molecule has 1 amide bonds. The fourth-order valence-electron chi connectivity index (χ4n) is 2.45. The molecule has 0 aliphatic rings. The molecule has 0 radical (unpaired) electrons. The Balaban J connectivity index is 1.80. The molecule has 2 N–H and O–H groups in total. The van der Waals surface area contributed by atoms with E-state index < -0.39 is 10.0 Å². The summed E-state index contributed by atoms with van der Waals surface area (Å²) >= 11 is 7.20. The van der Waals surface area contributed by atoms with Crippen LogP contribution in [0.2, 0.25) is 5.02 Å². The van der Waals surface area contributed by atoms with Crippen LogP contribution >= 0.6 is 22.9 Å². The van der Waals surface area contributed by atoms with Gasteiger partial charge >= 0.3 is 0 Å². The normalized spacial score (nSPS) is 11.7. The number of carbonyl (C=O) groups is 1. The molecular weight excluding hydrogens is 434 g/mol. The number of carbonyl (C=O) groups excluding carboxylic acids is 1. The average Bonchev–Trinajstić information content (AvgIpc) is 3.24. The van der Waals surface area contributed by atoms with Crippen LogP contribution in [0.5, 0.6) is 0 Å². The molecule has 0 saturated heterocycles. The predicted molar refractivity (Wildman–Crippen MR) is 116 cm³/mol. The van der Waals surface area contributed by atoms with Crippen molar-refractivity contribution in [3.63, 3.8) is 0 Å². The number of thiophene rings is 1. The van der Waals surface area contributed by atoms with Crippen molar-refractivity contribution in [1.82, 2.24) is 5.16 Å². The SMILES string of the molecule is CC(=O)Nc1c(C)noc1C=Cc1ccc(S(=O)(=O)Nc2ccc(C)cc2Cl)s1. The van der Waals surface area contributed by atoms with E-state index in [1.165, 1.54) is 13.0 Å². The molecule has 0 aliphatic carbocycles. The van der Waals surface area contributed by atoms with Gasteiger partial charge in [0.1, 0.15) is 15.6 Å². The molecule has 0 saturated carbocycles. The molecule has 2 aromatic heterocycles. The van der Waals surface area contributed by atoms with Crippen molar-refractivity contribution in [1.29, 1.82) is 0 Å². The first-order valence-electron chi connectivity index (χ1n) is 8.46. The van der Waals surface area contributed by atoms with Gasteiger partial charge in [-0.2, -0.15) is 0 Å². The van der Waals surface area contributed by atoms with Gasteiger partial charge < -0.3 is 9.84 Å². The number of aryl methyl sites for hydroxylation is 2. The lowest BCUT2D eigenvalue weighted by Crippen LogP contribution is -2.11. The molecule has 0 bridgehead atoms. The van der Waals surface area contributed by atoms with Crippen molar-refractivity contribution in [2.24, 2.45) is 0 Å². The number of nitrogens with zero attached hydrogens (tertiary/aromatic N) is 1.